The fourth-order valence-corrected chi connectivity index (χ4v) is 4.33. The first-order valence-electron chi connectivity index (χ1n) is 10.5. The molecule has 7 heteroatoms. The fraction of sp³-hybridized carbons (Fsp3) is 0.900. The van der Waals surface area contributed by atoms with Crippen LogP contribution in [-0.4, -0.2) is 74.9 Å². The number of guanidine groups is 1. The number of aliphatic imine (C=N–C) groups is 1. The number of ether oxygens (including phenoxy) is 2. The maximum Gasteiger partial charge on any atom is 0.243 e. The first kappa shape index (κ1) is 20.4. The van der Waals surface area contributed by atoms with Gasteiger partial charge in [0.25, 0.3) is 0 Å². The Labute approximate surface area is 163 Å². The molecule has 2 N–H and O–H groups in total. The summed E-state index contributed by atoms with van der Waals surface area (Å²) in [7, 11) is 3.54. The molecule has 0 bridgehead atoms. The van der Waals surface area contributed by atoms with E-state index in [9.17, 15) is 4.79 Å². The summed E-state index contributed by atoms with van der Waals surface area (Å²) in [6.45, 7) is 4.68. The van der Waals surface area contributed by atoms with Crippen LogP contribution >= 0.6 is 0 Å². The Bertz CT molecular complexity index is 531. The van der Waals surface area contributed by atoms with Crippen molar-refractivity contribution in [2.45, 2.75) is 69.6 Å². The van der Waals surface area contributed by atoms with Crippen molar-refractivity contribution in [3.8, 4) is 0 Å². The Hall–Kier alpha value is -1.34. The minimum atomic E-state index is -0.140. The highest BCUT2D eigenvalue weighted by Crippen LogP contribution is 2.32. The summed E-state index contributed by atoms with van der Waals surface area (Å²) in [5.74, 6) is 1.41. The van der Waals surface area contributed by atoms with Crippen LogP contribution in [0.15, 0.2) is 4.99 Å². The molecule has 2 heterocycles. The van der Waals surface area contributed by atoms with Gasteiger partial charge in [-0.15, -0.1) is 0 Å². The van der Waals surface area contributed by atoms with Gasteiger partial charge in [-0.2, -0.15) is 0 Å². The van der Waals surface area contributed by atoms with Gasteiger partial charge in [0, 0.05) is 45.8 Å². The molecule has 0 radical (unpaired) electrons. The first-order chi connectivity index (χ1) is 13.0. The van der Waals surface area contributed by atoms with E-state index in [0.29, 0.717) is 24.6 Å². The fourth-order valence-electron chi connectivity index (χ4n) is 4.33. The predicted molar refractivity (Wildman–Crippen MR) is 106 cm³/mol. The van der Waals surface area contributed by atoms with Gasteiger partial charge < -0.3 is 25.0 Å². The smallest absolute Gasteiger partial charge is 0.243 e. The zero-order valence-corrected chi connectivity index (χ0v) is 17.1. The third-order valence-electron chi connectivity index (χ3n) is 6.21. The summed E-state index contributed by atoms with van der Waals surface area (Å²) in [5, 5.41) is 7.22. The van der Waals surface area contributed by atoms with E-state index < -0.39 is 0 Å². The molecule has 1 amide bonds. The Balaban J connectivity index is 1.64. The van der Waals surface area contributed by atoms with E-state index >= 15 is 0 Å². The van der Waals surface area contributed by atoms with Gasteiger partial charge in [-0.25, -0.2) is 4.99 Å². The summed E-state index contributed by atoms with van der Waals surface area (Å²) in [6.07, 6.45) is 7.81. The molecule has 1 saturated carbocycles. The van der Waals surface area contributed by atoms with Gasteiger partial charge in [0.05, 0.1) is 12.2 Å². The Morgan fingerprint density at radius 3 is 2.70 bits per heavy atom. The van der Waals surface area contributed by atoms with Crippen LogP contribution < -0.4 is 10.6 Å². The molecule has 1 spiro atoms. The summed E-state index contributed by atoms with van der Waals surface area (Å²) in [6, 6.07) is 0.711. The van der Waals surface area contributed by atoms with E-state index in [1.165, 1.54) is 19.3 Å². The number of hydrogen-bond acceptors (Lipinski definition) is 4. The average Bonchev–Trinajstić information content (AvgIpc) is 3.08. The molecule has 1 aliphatic carbocycles. The van der Waals surface area contributed by atoms with E-state index in [1.807, 2.05) is 0 Å². The molecular formula is C20H36N4O3. The number of amides is 1. The molecule has 4 atom stereocenters. The molecule has 0 aromatic carbocycles. The molecule has 27 heavy (non-hydrogen) atoms. The highest BCUT2D eigenvalue weighted by molar-refractivity contribution is 5.85. The minimum absolute atomic E-state index is 0.0143. The van der Waals surface area contributed by atoms with E-state index in [4.69, 9.17) is 9.47 Å². The average molecular weight is 381 g/mol. The minimum Gasteiger partial charge on any atom is -0.378 e. The monoisotopic (exact) mass is 380 g/mol. The lowest BCUT2D eigenvalue weighted by molar-refractivity contribution is -0.127. The highest BCUT2D eigenvalue weighted by Gasteiger charge is 2.41. The van der Waals surface area contributed by atoms with E-state index in [0.717, 1.165) is 44.9 Å². The highest BCUT2D eigenvalue weighted by atomic mass is 16.6. The molecule has 3 aliphatic rings. The van der Waals surface area contributed by atoms with Crippen molar-refractivity contribution in [2.24, 2.45) is 10.9 Å². The van der Waals surface area contributed by atoms with Crippen LogP contribution in [0.25, 0.3) is 0 Å². The van der Waals surface area contributed by atoms with Gasteiger partial charge in [0.15, 0.2) is 5.96 Å². The summed E-state index contributed by atoms with van der Waals surface area (Å²) < 4.78 is 11.6. The van der Waals surface area contributed by atoms with Gasteiger partial charge in [-0.3, -0.25) is 4.79 Å². The Kier molecular flexibility index (Phi) is 6.98. The standard InChI is InChI=1S/C20H36N4O3/c1-15-6-4-5-7-17(15)23-19(21-13-18(25)24(2)3)22-16-8-10-27-20(12-16)9-11-26-14-20/h15-17H,4-14H2,1-3H3,(H2,21,22,23). The molecule has 4 unspecified atom stereocenters. The molecule has 0 aromatic heterocycles. The second-order valence-electron chi connectivity index (χ2n) is 8.63. The SMILES string of the molecule is CC1CCCCC1NC(=NCC(=O)N(C)C)NC1CCOC2(CCOC2)C1. The maximum atomic E-state index is 12.0. The second kappa shape index (κ2) is 9.24. The van der Waals surface area contributed by atoms with Gasteiger partial charge in [-0.05, 0) is 31.6 Å². The van der Waals surface area contributed by atoms with E-state index in [2.05, 4.69) is 22.5 Å². The normalized spacial score (nSPS) is 34.5. The molecule has 3 fully saturated rings. The number of rotatable bonds is 4. The molecule has 2 aliphatic heterocycles. The zero-order chi connectivity index (χ0) is 19.3. The third-order valence-corrected chi connectivity index (χ3v) is 6.21. The lowest BCUT2D eigenvalue weighted by Gasteiger charge is -2.38. The largest absolute Gasteiger partial charge is 0.378 e. The maximum absolute atomic E-state index is 12.0. The number of hydrogen-bond donors (Lipinski definition) is 2. The van der Waals surface area contributed by atoms with Crippen LogP contribution in [0, 0.1) is 5.92 Å². The topological polar surface area (TPSA) is 75.2 Å². The van der Waals surface area contributed by atoms with E-state index in [-0.39, 0.29) is 18.1 Å². The number of carbonyl (C=O) groups is 1. The van der Waals surface area contributed by atoms with Crippen molar-refractivity contribution in [3.63, 3.8) is 0 Å². The molecule has 154 valence electrons. The van der Waals surface area contributed by atoms with Crippen LogP contribution in [-0.2, 0) is 14.3 Å². The van der Waals surface area contributed by atoms with Crippen LogP contribution in [0.3, 0.4) is 0 Å². The second-order valence-corrected chi connectivity index (χ2v) is 8.63. The number of carbonyl (C=O) groups excluding carboxylic acids is 1. The van der Waals surface area contributed by atoms with Gasteiger partial charge in [0.2, 0.25) is 5.91 Å². The van der Waals surface area contributed by atoms with Crippen molar-refractivity contribution in [3.05, 3.63) is 0 Å². The Morgan fingerprint density at radius 1 is 1.19 bits per heavy atom. The lowest BCUT2D eigenvalue weighted by atomic mass is 9.86. The summed E-state index contributed by atoms with van der Waals surface area (Å²) >= 11 is 0. The van der Waals surface area contributed by atoms with Crippen LogP contribution in [0.2, 0.25) is 0 Å². The van der Waals surface area contributed by atoms with E-state index in [1.54, 1.807) is 19.0 Å². The Morgan fingerprint density at radius 2 is 2.00 bits per heavy atom. The molecular weight excluding hydrogens is 344 g/mol. The molecule has 7 nitrogen and oxygen atoms in total. The van der Waals surface area contributed by atoms with Crippen molar-refractivity contribution >= 4 is 11.9 Å². The lowest BCUT2D eigenvalue weighted by Crippen LogP contribution is -2.54. The number of likely N-dealkylation sites (N-methyl/N-ethyl adjacent to an activating group) is 1. The number of nitrogens with zero attached hydrogens (tertiary/aromatic N) is 2. The first-order valence-corrected chi connectivity index (χ1v) is 10.5. The zero-order valence-electron chi connectivity index (χ0n) is 17.1. The number of nitrogens with one attached hydrogen (secondary N) is 2. The van der Waals surface area contributed by atoms with Gasteiger partial charge in [-0.1, -0.05) is 19.8 Å². The van der Waals surface area contributed by atoms with Crippen LogP contribution in [0.5, 0.6) is 0 Å². The van der Waals surface area contributed by atoms with Crippen LogP contribution in [0.4, 0.5) is 0 Å². The molecule has 2 saturated heterocycles. The molecule has 0 aromatic rings. The van der Waals surface area contributed by atoms with Gasteiger partial charge >= 0.3 is 0 Å². The third kappa shape index (κ3) is 5.57. The summed E-state index contributed by atoms with van der Waals surface area (Å²) in [5.41, 5.74) is -0.140. The van der Waals surface area contributed by atoms with Crippen molar-refractivity contribution < 1.29 is 14.3 Å². The quantitative estimate of drug-likeness (QED) is 0.571. The summed E-state index contributed by atoms with van der Waals surface area (Å²) in [4.78, 5) is 18.2. The predicted octanol–water partition coefficient (Wildman–Crippen LogP) is 1.53. The van der Waals surface area contributed by atoms with Crippen LogP contribution in [0.1, 0.15) is 51.9 Å². The van der Waals surface area contributed by atoms with Gasteiger partial charge in [0.1, 0.15) is 6.54 Å². The van der Waals surface area contributed by atoms with Crippen molar-refractivity contribution in [1.82, 2.24) is 15.5 Å². The van der Waals surface area contributed by atoms with Crippen molar-refractivity contribution in [2.75, 3.05) is 40.5 Å². The molecule has 3 rings (SSSR count). The van der Waals surface area contributed by atoms with Crippen molar-refractivity contribution in [1.29, 1.82) is 0 Å².